The average molecular weight is 177 g/mol. The summed E-state index contributed by atoms with van der Waals surface area (Å²) in [5, 5.41) is 4.43. The second kappa shape index (κ2) is 2.58. The monoisotopic (exact) mass is 177 g/mol. The van der Waals surface area contributed by atoms with Crippen LogP contribution in [0.25, 0.3) is 11.0 Å². The molecule has 13 heavy (non-hydrogen) atoms. The van der Waals surface area contributed by atoms with Gasteiger partial charge in [0.15, 0.2) is 11.8 Å². The van der Waals surface area contributed by atoms with Gasteiger partial charge in [0, 0.05) is 11.1 Å². The molecule has 0 saturated heterocycles. The fourth-order valence-electron chi connectivity index (χ4n) is 1.25. The number of hydrogen-bond acceptors (Lipinski definition) is 4. The number of nitrogens with zero attached hydrogens (tertiary/aromatic N) is 1. The lowest BCUT2D eigenvalue weighted by Gasteiger charge is -1.96. The lowest BCUT2D eigenvalue weighted by atomic mass is 10.1. The molecule has 0 aliphatic carbocycles. The van der Waals surface area contributed by atoms with Gasteiger partial charge in [0.05, 0.1) is 11.3 Å². The summed E-state index contributed by atoms with van der Waals surface area (Å²) in [5.74, 6) is 0. The molecule has 0 aliphatic rings. The van der Waals surface area contributed by atoms with Crippen LogP contribution in [0.1, 0.15) is 17.4 Å². The van der Waals surface area contributed by atoms with Crippen LogP contribution in [-0.2, 0) is 0 Å². The van der Waals surface area contributed by atoms with Crippen molar-refractivity contribution in [2.75, 3.05) is 5.73 Å². The molecule has 0 atom stereocenters. The van der Waals surface area contributed by atoms with E-state index >= 15 is 0 Å². The number of nitrogens with two attached hydrogens (primary N) is 1. The Kier molecular flexibility index (Phi) is 1.32. The molecule has 2 N–H and O–H groups in total. The van der Waals surface area contributed by atoms with Gasteiger partial charge in [-0.15, -0.1) is 0 Å². The van der Waals surface area contributed by atoms with Gasteiger partial charge in [-0.2, -0.15) is 0 Å². The van der Waals surface area contributed by atoms with Gasteiger partial charge >= 0.3 is 0 Å². The van der Waals surface area contributed by atoms with E-state index in [1.807, 2.05) is 0 Å². The van der Waals surface area contributed by atoms with Crippen molar-refractivity contribution in [1.82, 2.24) is 5.16 Å². The number of carbonyl (C=O) groups excluding carboxylic acids is 1. The molecule has 1 heterocycles. The van der Waals surface area contributed by atoms with Crippen LogP contribution < -0.4 is 5.73 Å². The topological polar surface area (TPSA) is 69.1 Å². The number of fused-ring (bicyclic) bond motifs is 1. The SMILES string of the molecule is [2H]C(=O)c1c(N)ccc2c(C)noc12. The molecule has 0 spiro atoms. The molecule has 0 radical (unpaired) electrons. The van der Waals surface area contributed by atoms with Crippen molar-refractivity contribution in [2.24, 2.45) is 0 Å². The number of carbonyl (C=O) groups is 1. The van der Waals surface area contributed by atoms with Crippen molar-refractivity contribution in [1.29, 1.82) is 0 Å². The van der Waals surface area contributed by atoms with Crippen molar-refractivity contribution in [2.45, 2.75) is 6.92 Å². The molecular formula is C9H8N2O2. The summed E-state index contributed by atoms with van der Waals surface area (Å²) in [5.41, 5.74) is 6.88. The highest BCUT2D eigenvalue weighted by atomic mass is 16.5. The average Bonchev–Trinajstić information content (AvgIpc) is 2.47. The molecule has 1 aromatic carbocycles. The number of anilines is 1. The summed E-state index contributed by atoms with van der Waals surface area (Å²) in [6, 6.07) is 3.30. The van der Waals surface area contributed by atoms with E-state index in [9.17, 15) is 4.79 Å². The molecule has 66 valence electrons. The van der Waals surface area contributed by atoms with Gasteiger partial charge in [-0.3, -0.25) is 4.79 Å². The zero-order valence-corrected chi connectivity index (χ0v) is 7.00. The third-order valence-electron chi connectivity index (χ3n) is 1.96. The number of rotatable bonds is 1. The first-order valence-electron chi connectivity index (χ1n) is 4.26. The fourth-order valence-corrected chi connectivity index (χ4v) is 1.25. The normalized spacial score (nSPS) is 11.6. The second-order valence-corrected chi connectivity index (χ2v) is 2.78. The largest absolute Gasteiger partial charge is 0.398 e. The van der Waals surface area contributed by atoms with Crippen LogP contribution in [0.3, 0.4) is 0 Å². The van der Waals surface area contributed by atoms with Gasteiger partial charge in [-0.25, -0.2) is 0 Å². The van der Waals surface area contributed by atoms with Crippen molar-refractivity contribution in [3.05, 3.63) is 23.4 Å². The number of benzene rings is 1. The fraction of sp³-hybridized carbons (Fsp3) is 0.111. The summed E-state index contributed by atoms with van der Waals surface area (Å²) < 4.78 is 12.0. The minimum absolute atomic E-state index is 0.0862. The number of aryl methyl sites for hydroxylation is 1. The van der Waals surface area contributed by atoms with E-state index < -0.39 is 6.26 Å². The maximum atomic E-state index is 11.0. The van der Waals surface area contributed by atoms with E-state index in [1.165, 1.54) is 0 Å². The Morgan fingerprint density at radius 3 is 3.15 bits per heavy atom. The molecule has 4 nitrogen and oxygen atoms in total. The van der Waals surface area contributed by atoms with Crippen LogP contribution in [0.5, 0.6) is 0 Å². The van der Waals surface area contributed by atoms with Gasteiger partial charge in [0.2, 0.25) is 0 Å². The van der Waals surface area contributed by atoms with Crippen molar-refractivity contribution in [3.63, 3.8) is 0 Å². The third-order valence-corrected chi connectivity index (χ3v) is 1.96. The van der Waals surface area contributed by atoms with Gasteiger partial charge in [0.1, 0.15) is 1.37 Å². The highest BCUT2D eigenvalue weighted by Crippen LogP contribution is 2.24. The molecule has 2 aromatic rings. The Hall–Kier alpha value is -1.84. The van der Waals surface area contributed by atoms with Gasteiger partial charge < -0.3 is 10.3 Å². The Morgan fingerprint density at radius 1 is 1.69 bits per heavy atom. The van der Waals surface area contributed by atoms with Crippen LogP contribution >= 0.6 is 0 Å². The van der Waals surface area contributed by atoms with Crippen LogP contribution in [0.15, 0.2) is 16.7 Å². The Bertz CT molecular complexity index is 519. The zero-order chi connectivity index (χ0) is 10.3. The maximum Gasteiger partial charge on any atom is 0.179 e. The predicted molar refractivity (Wildman–Crippen MR) is 48.5 cm³/mol. The first-order chi connectivity index (χ1) is 6.61. The van der Waals surface area contributed by atoms with Crippen LogP contribution in [-0.4, -0.2) is 11.4 Å². The van der Waals surface area contributed by atoms with Crippen LogP contribution in [0.2, 0.25) is 0 Å². The van der Waals surface area contributed by atoms with Crippen molar-refractivity contribution in [3.8, 4) is 0 Å². The minimum Gasteiger partial charge on any atom is -0.398 e. The molecule has 0 fully saturated rings. The lowest BCUT2D eigenvalue weighted by Crippen LogP contribution is -1.92. The highest BCUT2D eigenvalue weighted by molar-refractivity contribution is 6.00. The molecule has 0 amide bonds. The molecule has 2 rings (SSSR count). The maximum absolute atomic E-state index is 11.0. The van der Waals surface area contributed by atoms with E-state index in [0.29, 0.717) is 11.3 Å². The first-order valence-corrected chi connectivity index (χ1v) is 3.76. The van der Waals surface area contributed by atoms with Gasteiger partial charge in [-0.1, -0.05) is 5.16 Å². The quantitative estimate of drug-likeness (QED) is 0.529. The summed E-state index contributed by atoms with van der Waals surface area (Å²) >= 11 is 0. The molecule has 4 heteroatoms. The Balaban J connectivity index is 2.90. The Morgan fingerprint density at radius 2 is 2.46 bits per heavy atom. The van der Waals surface area contributed by atoms with E-state index in [2.05, 4.69) is 5.16 Å². The molecule has 0 unspecified atom stereocenters. The van der Waals surface area contributed by atoms with Crippen molar-refractivity contribution < 1.29 is 10.7 Å². The van der Waals surface area contributed by atoms with Gasteiger partial charge in [-0.05, 0) is 19.1 Å². The standard InChI is InChI=1S/C9H8N2O2/c1-5-6-2-3-8(10)7(4-12)9(6)13-11-5/h2-4H,10H2,1H3/i4D. The lowest BCUT2D eigenvalue weighted by molar-refractivity contribution is 0.112. The molecule has 0 aliphatic heterocycles. The number of hydrogen-bond donors (Lipinski definition) is 1. The summed E-state index contributed by atoms with van der Waals surface area (Å²) in [6.07, 6.45) is -0.857. The summed E-state index contributed by atoms with van der Waals surface area (Å²) in [7, 11) is 0. The van der Waals surface area contributed by atoms with E-state index in [0.717, 1.165) is 5.39 Å². The van der Waals surface area contributed by atoms with Crippen LogP contribution in [0, 0.1) is 6.92 Å². The summed E-state index contributed by atoms with van der Waals surface area (Å²) in [4.78, 5) is 11.0. The third kappa shape index (κ3) is 0.989. The van der Waals surface area contributed by atoms with Crippen molar-refractivity contribution >= 4 is 22.9 Å². The molecule has 0 bridgehead atoms. The number of nitrogen functional groups attached to an aromatic ring is 1. The minimum atomic E-state index is -0.857. The first kappa shape index (κ1) is 6.65. The van der Waals surface area contributed by atoms with E-state index in [4.69, 9.17) is 11.6 Å². The number of aromatic nitrogens is 1. The Labute approximate surface area is 75.7 Å². The molecule has 1 aromatic heterocycles. The van der Waals surface area contributed by atoms with Gasteiger partial charge in [0.25, 0.3) is 0 Å². The van der Waals surface area contributed by atoms with E-state index in [-0.39, 0.29) is 11.3 Å². The summed E-state index contributed by atoms with van der Waals surface area (Å²) in [6.45, 7) is 1.76. The molecular weight excluding hydrogens is 168 g/mol. The highest BCUT2D eigenvalue weighted by Gasteiger charge is 2.10. The number of aldehydes is 1. The molecule has 0 saturated carbocycles. The second-order valence-electron chi connectivity index (χ2n) is 2.78. The zero-order valence-electron chi connectivity index (χ0n) is 8.00. The predicted octanol–water partition coefficient (Wildman–Crippen LogP) is 1.53. The van der Waals surface area contributed by atoms with E-state index in [1.54, 1.807) is 19.1 Å². The smallest absolute Gasteiger partial charge is 0.179 e. The van der Waals surface area contributed by atoms with Crippen LogP contribution in [0.4, 0.5) is 5.69 Å².